The number of imide groups is 2. The van der Waals surface area contributed by atoms with Crippen LogP contribution in [0.1, 0.15) is 159 Å². The second-order valence-electron chi connectivity index (χ2n) is 26.5. The molecular formula is C74H60F12N4O6. The SMILES string of the molecule is Cc1cc(-c2cc(C(C)(C)C)cc(C(C)(C)C)c2)cc(N2C(=O)c3ccc(C(c4ccc5c(c4)C(=O)N(c4cccc(C(C)(c6ccccc6)C(F)(F)F)c4)C5=O)(C(F)(F)F)C(F)(F)F)cc3C2=O)c1.Cc1nc2cc(C(C)(c3ccc4oc(C)nc4c3)C(F)(F)F)ccc2o1. The summed E-state index contributed by atoms with van der Waals surface area (Å²) in [5.41, 5.74) is -11.4. The first kappa shape index (κ1) is 67.6. The van der Waals surface area contributed by atoms with Crippen molar-refractivity contribution in [3.63, 3.8) is 0 Å². The van der Waals surface area contributed by atoms with E-state index in [1.807, 2.05) is 59.7 Å². The summed E-state index contributed by atoms with van der Waals surface area (Å²) < 4.78 is 192. The molecule has 4 heterocycles. The van der Waals surface area contributed by atoms with Crippen LogP contribution in [0, 0.1) is 20.8 Å². The lowest BCUT2D eigenvalue weighted by atomic mass is 9.71. The molecule has 10 aromatic rings. The number of anilines is 2. The van der Waals surface area contributed by atoms with Gasteiger partial charge in [0, 0.05) is 13.8 Å². The van der Waals surface area contributed by atoms with E-state index in [-0.39, 0.29) is 39.3 Å². The van der Waals surface area contributed by atoms with E-state index in [9.17, 15) is 45.5 Å². The first-order chi connectivity index (χ1) is 44.5. The molecule has 96 heavy (non-hydrogen) atoms. The predicted molar refractivity (Wildman–Crippen MR) is 337 cm³/mol. The monoisotopic (exact) mass is 1330 g/mol. The summed E-state index contributed by atoms with van der Waals surface area (Å²) in [6.07, 6.45) is -21.9. The Morgan fingerprint density at radius 3 is 1.17 bits per heavy atom. The van der Waals surface area contributed by atoms with Crippen LogP contribution < -0.4 is 9.80 Å². The van der Waals surface area contributed by atoms with Gasteiger partial charge in [0.15, 0.2) is 22.9 Å². The van der Waals surface area contributed by atoms with E-state index in [0.29, 0.717) is 79.2 Å². The minimum absolute atomic E-state index is 0.0270. The van der Waals surface area contributed by atoms with Crippen molar-refractivity contribution in [2.24, 2.45) is 0 Å². The van der Waals surface area contributed by atoms with Gasteiger partial charge in [0.05, 0.1) is 33.6 Å². The highest BCUT2D eigenvalue weighted by Crippen LogP contribution is 2.58. The fourth-order valence-electron chi connectivity index (χ4n) is 12.5. The second kappa shape index (κ2) is 22.9. The molecule has 2 aliphatic rings. The Labute approximate surface area is 542 Å². The van der Waals surface area contributed by atoms with E-state index in [2.05, 4.69) is 16.0 Å². The molecule has 0 N–H and O–H groups in total. The van der Waals surface area contributed by atoms with Crippen molar-refractivity contribution in [1.82, 2.24) is 9.97 Å². The Morgan fingerprint density at radius 2 is 0.729 bits per heavy atom. The van der Waals surface area contributed by atoms with Gasteiger partial charge >= 0.3 is 24.7 Å². The highest BCUT2D eigenvalue weighted by Gasteiger charge is 2.73. The first-order valence-corrected chi connectivity index (χ1v) is 30.0. The lowest BCUT2D eigenvalue weighted by Gasteiger charge is -2.38. The van der Waals surface area contributed by atoms with Crippen LogP contribution in [0.4, 0.5) is 64.1 Å². The highest BCUT2D eigenvalue weighted by atomic mass is 19.4. The fourth-order valence-corrected chi connectivity index (χ4v) is 12.5. The molecule has 0 bridgehead atoms. The Kier molecular flexibility index (Phi) is 16.1. The molecule has 1 atom stereocenters. The van der Waals surface area contributed by atoms with Gasteiger partial charge in [0.1, 0.15) is 21.9 Å². The van der Waals surface area contributed by atoms with Crippen LogP contribution in [0.3, 0.4) is 0 Å². The average Bonchev–Trinajstić information content (AvgIpc) is 1.19. The predicted octanol–water partition coefficient (Wildman–Crippen LogP) is 19.6. The number of nitrogens with zero attached hydrogens (tertiary/aromatic N) is 4. The zero-order valence-electron chi connectivity index (χ0n) is 53.4. The normalized spacial score (nSPS) is 14.9. The summed E-state index contributed by atoms with van der Waals surface area (Å²) in [4.78, 5) is 65.5. The average molecular weight is 1330 g/mol. The third kappa shape index (κ3) is 11.2. The van der Waals surface area contributed by atoms with Crippen LogP contribution in [-0.2, 0) is 27.1 Å². The molecule has 10 nitrogen and oxygen atoms in total. The summed E-state index contributed by atoms with van der Waals surface area (Å²) in [5, 5.41) is 0. The van der Waals surface area contributed by atoms with Crippen LogP contribution in [0.2, 0.25) is 0 Å². The summed E-state index contributed by atoms with van der Waals surface area (Å²) >= 11 is 0. The molecule has 12 rings (SSSR count). The van der Waals surface area contributed by atoms with Gasteiger partial charge in [-0.15, -0.1) is 0 Å². The number of benzene rings is 8. The number of oxazole rings is 2. The molecule has 0 radical (unpaired) electrons. The maximum atomic E-state index is 15.7. The zero-order valence-corrected chi connectivity index (χ0v) is 53.4. The van der Waals surface area contributed by atoms with Gasteiger partial charge in [0.25, 0.3) is 23.6 Å². The maximum Gasteiger partial charge on any atom is 0.411 e. The van der Waals surface area contributed by atoms with E-state index < -0.39 is 109 Å². The molecule has 496 valence electrons. The third-order valence-electron chi connectivity index (χ3n) is 18.1. The summed E-state index contributed by atoms with van der Waals surface area (Å²) in [7, 11) is 0. The van der Waals surface area contributed by atoms with Crippen molar-refractivity contribution in [3.05, 3.63) is 248 Å². The fraction of sp³-hybridized carbons (Fsp3) is 0.270. The molecule has 0 saturated carbocycles. The summed E-state index contributed by atoms with van der Waals surface area (Å²) in [6, 6.07) is 33.6. The van der Waals surface area contributed by atoms with E-state index in [4.69, 9.17) is 8.83 Å². The number of carbonyl (C=O) groups excluding carboxylic acids is 4. The van der Waals surface area contributed by atoms with Crippen LogP contribution in [0.5, 0.6) is 0 Å². The summed E-state index contributed by atoms with van der Waals surface area (Å²) in [6.45, 7) is 19.4. The largest absolute Gasteiger partial charge is 0.441 e. The van der Waals surface area contributed by atoms with Crippen LogP contribution >= 0.6 is 0 Å². The molecule has 4 amide bonds. The van der Waals surface area contributed by atoms with Crippen molar-refractivity contribution in [1.29, 1.82) is 0 Å². The molecule has 0 fully saturated rings. The van der Waals surface area contributed by atoms with E-state index in [1.165, 1.54) is 72.8 Å². The van der Waals surface area contributed by atoms with Gasteiger partial charge in [-0.3, -0.25) is 19.2 Å². The number of amides is 4. The van der Waals surface area contributed by atoms with Gasteiger partial charge < -0.3 is 8.83 Å². The molecule has 2 aliphatic heterocycles. The maximum absolute atomic E-state index is 15.7. The molecule has 8 aromatic carbocycles. The number of halogens is 12. The van der Waals surface area contributed by atoms with Crippen molar-refractivity contribution < 1.29 is 80.7 Å². The number of aryl methyl sites for hydroxylation is 3. The van der Waals surface area contributed by atoms with E-state index >= 15 is 26.3 Å². The highest BCUT2D eigenvalue weighted by molar-refractivity contribution is 6.35. The minimum Gasteiger partial charge on any atom is -0.441 e. The molecule has 22 heteroatoms. The number of aromatic nitrogens is 2. The zero-order chi connectivity index (χ0) is 70.2. The van der Waals surface area contributed by atoms with Gasteiger partial charge in [-0.05, 0) is 166 Å². The smallest absolute Gasteiger partial charge is 0.411 e. The number of rotatable bonds is 9. The molecular weight excluding hydrogens is 1270 g/mol. The number of hydrogen-bond acceptors (Lipinski definition) is 8. The standard InChI is InChI=1S/C55H45F9N2O4.C19H15F3N2O2/c1-30-21-31(32-23-37(49(2,3)4)26-38(24-32)50(5,6)7)25-40(22-30)66-46(68)42-20-18-36(29-44(42)48(66)70)52(54(59,60)61,55(62,63)64)35-17-19-41-43(28-35)47(69)65(45(41)67)39-16-12-15-34(27-39)51(8,53(56,57)58)33-13-10-9-11-14-33;1-10-23-14-8-12(4-6-16(14)25-10)18(3,19(20,21)22)13-5-7-17-15(9-13)24-11(2)26-17/h9-29H,1-8H3;4-9H,1-3H3. The van der Waals surface area contributed by atoms with Gasteiger partial charge in [-0.25, -0.2) is 19.8 Å². The van der Waals surface area contributed by atoms with Gasteiger partial charge in [0.2, 0.25) is 5.41 Å². The number of fused-ring (bicyclic) bond motifs is 4. The Bertz CT molecular complexity index is 4690. The summed E-state index contributed by atoms with van der Waals surface area (Å²) in [5.74, 6) is -3.96. The number of alkyl halides is 12. The Hall–Kier alpha value is -9.86. The van der Waals surface area contributed by atoms with Crippen LogP contribution in [-0.4, -0.2) is 58.3 Å². The van der Waals surface area contributed by atoms with Crippen LogP contribution in [0.15, 0.2) is 173 Å². The lowest BCUT2D eigenvalue weighted by molar-refractivity contribution is -0.288. The number of hydrogen-bond donors (Lipinski definition) is 0. The second-order valence-corrected chi connectivity index (χ2v) is 26.5. The van der Waals surface area contributed by atoms with Crippen molar-refractivity contribution >= 4 is 57.2 Å². The Morgan fingerprint density at radius 1 is 0.333 bits per heavy atom. The van der Waals surface area contributed by atoms with Gasteiger partial charge in [-0.2, -0.15) is 52.7 Å². The minimum atomic E-state index is -6.24. The van der Waals surface area contributed by atoms with Crippen molar-refractivity contribution in [2.75, 3.05) is 9.80 Å². The third-order valence-corrected chi connectivity index (χ3v) is 18.1. The first-order valence-electron chi connectivity index (χ1n) is 30.0. The quantitative estimate of drug-likeness (QED) is 0.103. The molecule has 0 spiro atoms. The Balaban J connectivity index is 0.000000298. The molecule has 2 aromatic heterocycles. The van der Waals surface area contributed by atoms with Crippen LogP contribution in [0.25, 0.3) is 33.3 Å². The van der Waals surface area contributed by atoms with Gasteiger partial charge in [-0.1, -0.05) is 133 Å². The number of carbonyl (C=O) groups is 4. The molecule has 0 saturated heterocycles. The van der Waals surface area contributed by atoms with Crippen molar-refractivity contribution in [3.8, 4) is 11.1 Å². The molecule has 1 unspecified atom stereocenters. The van der Waals surface area contributed by atoms with E-state index in [1.54, 1.807) is 26.8 Å². The lowest BCUT2D eigenvalue weighted by Crippen LogP contribution is -2.55. The van der Waals surface area contributed by atoms with Crippen molar-refractivity contribution in [2.45, 2.75) is 128 Å². The topological polar surface area (TPSA) is 127 Å². The molecule has 0 aliphatic carbocycles. The van der Waals surface area contributed by atoms with E-state index in [0.717, 1.165) is 60.9 Å².